The Hall–Kier alpha value is -2.54. The molecule has 4 nitrogen and oxygen atoms in total. The number of carboxylic acids is 1. The molecule has 2 fully saturated rings. The van der Waals surface area contributed by atoms with Crippen LogP contribution in [0.2, 0.25) is 0 Å². The Morgan fingerprint density at radius 2 is 1.74 bits per heavy atom. The number of nitrogens with zero attached hydrogens (tertiary/aromatic N) is 2. The molecule has 2 aliphatic rings. The first-order chi connectivity index (χ1) is 16.6. The third-order valence-corrected chi connectivity index (χ3v) is 8.28. The lowest BCUT2D eigenvalue weighted by Crippen LogP contribution is -2.38. The van der Waals surface area contributed by atoms with Gasteiger partial charge in [-0.15, -0.1) is 0 Å². The lowest BCUT2D eigenvalue weighted by Gasteiger charge is -2.35. The van der Waals surface area contributed by atoms with Crippen LogP contribution < -0.4 is 0 Å². The van der Waals surface area contributed by atoms with Crippen LogP contribution in [0.15, 0.2) is 71.4 Å². The van der Waals surface area contributed by atoms with Crippen molar-refractivity contribution >= 4 is 17.3 Å². The SMILES string of the molecule is O=C(O)C(c1ccccc1)N1CC(CN2CCC(c3ccc(F)cc3)CC2)C(c2ccsc2)C1. The number of carbonyl (C=O) groups is 1. The Morgan fingerprint density at radius 3 is 2.38 bits per heavy atom. The van der Waals surface area contributed by atoms with Gasteiger partial charge in [0.25, 0.3) is 0 Å². The minimum atomic E-state index is -0.781. The molecule has 0 saturated carbocycles. The molecule has 0 bridgehead atoms. The molecule has 1 N–H and O–H groups in total. The van der Waals surface area contributed by atoms with Gasteiger partial charge in [-0.25, -0.2) is 4.39 Å². The Morgan fingerprint density at radius 1 is 1.00 bits per heavy atom. The summed E-state index contributed by atoms with van der Waals surface area (Å²) in [6.07, 6.45) is 2.15. The van der Waals surface area contributed by atoms with Crippen molar-refractivity contribution in [1.29, 1.82) is 0 Å². The van der Waals surface area contributed by atoms with E-state index in [1.54, 1.807) is 23.5 Å². The van der Waals surface area contributed by atoms with Crippen LogP contribution >= 0.6 is 11.3 Å². The van der Waals surface area contributed by atoms with E-state index in [1.807, 2.05) is 42.5 Å². The second-order valence-corrected chi connectivity index (χ2v) is 10.4. The van der Waals surface area contributed by atoms with E-state index in [1.165, 1.54) is 11.1 Å². The first kappa shape index (κ1) is 23.2. The summed E-state index contributed by atoms with van der Waals surface area (Å²) in [5.41, 5.74) is 3.41. The monoisotopic (exact) mass is 478 g/mol. The first-order valence-electron chi connectivity index (χ1n) is 12.1. The lowest BCUT2D eigenvalue weighted by molar-refractivity contribution is -0.143. The van der Waals surface area contributed by atoms with Gasteiger partial charge in [-0.05, 0) is 83.4 Å². The molecule has 3 atom stereocenters. The van der Waals surface area contributed by atoms with E-state index in [2.05, 4.69) is 26.6 Å². The molecule has 5 rings (SSSR count). The number of likely N-dealkylation sites (tertiary alicyclic amines) is 2. The molecule has 2 aliphatic heterocycles. The minimum Gasteiger partial charge on any atom is -0.480 e. The summed E-state index contributed by atoms with van der Waals surface area (Å²) >= 11 is 1.71. The molecule has 3 aromatic rings. The number of carboxylic acid groups (broad SMARTS) is 1. The lowest BCUT2D eigenvalue weighted by atomic mass is 9.87. The maximum absolute atomic E-state index is 13.3. The Labute approximate surface area is 204 Å². The molecule has 3 heterocycles. The molecule has 2 aromatic carbocycles. The van der Waals surface area contributed by atoms with Crippen LogP contribution in [-0.2, 0) is 4.79 Å². The Bertz CT molecular complexity index is 1070. The van der Waals surface area contributed by atoms with E-state index >= 15 is 0 Å². The summed E-state index contributed by atoms with van der Waals surface area (Å²) < 4.78 is 13.3. The zero-order valence-electron chi connectivity index (χ0n) is 19.2. The third kappa shape index (κ3) is 5.09. The number of thiophene rings is 1. The van der Waals surface area contributed by atoms with E-state index < -0.39 is 12.0 Å². The molecule has 34 heavy (non-hydrogen) atoms. The fourth-order valence-electron chi connectivity index (χ4n) is 5.82. The maximum atomic E-state index is 13.3. The summed E-state index contributed by atoms with van der Waals surface area (Å²) in [5.74, 6) is 0.255. The number of aliphatic carboxylic acids is 1. The van der Waals surface area contributed by atoms with Crippen molar-refractivity contribution in [3.05, 3.63) is 93.9 Å². The van der Waals surface area contributed by atoms with Gasteiger partial charge in [0.05, 0.1) is 0 Å². The van der Waals surface area contributed by atoms with Crippen LogP contribution in [0, 0.1) is 11.7 Å². The topological polar surface area (TPSA) is 43.8 Å². The van der Waals surface area contributed by atoms with Crippen LogP contribution in [0.1, 0.15) is 47.4 Å². The van der Waals surface area contributed by atoms with Gasteiger partial charge in [0.15, 0.2) is 0 Å². The van der Waals surface area contributed by atoms with Crippen molar-refractivity contribution in [3.63, 3.8) is 0 Å². The first-order valence-corrected chi connectivity index (χ1v) is 13.0. The highest BCUT2D eigenvalue weighted by Crippen LogP contribution is 2.39. The van der Waals surface area contributed by atoms with Crippen LogP contribution in [0.3, 0.4) is 0 Å². The predicted octanol–water partition coefficient (Wildman–Crippen LogP) is 5.61. The molecule has 0 spiro atoms. The van der Waals surface area contributed by atoms with Gasteiger partial charge in [0.1, 0.15) is 11.9 Å². The number of piperidine rings is 1. The summed E-state index contributed by atoms with van der Waals surface area (Å²) in [5, 5.41) is 14.4. The maximum Gasteiger partial charge on any atom is 0.325 e. The highest BCUT2D eigenvalue weighted by Gasteiger charge is 2.41. The Balaban J connectivity index is 1.28. The van der Waals surface area contributed by atoms with Crippen molar-refractivity contribution in [3.8, 4) is 0 Å². The summed E-state index contributed by atoms with van der Waals surface area (Å²) in [6, 6.07) is 18.2. The van der Waals surface area contributed by atoms with Crippen molar-refractivity contribution in [2.75, 3.05) is 32.7 Å². The average molecular weight is 479 g/mol. The molecule has 0 amide bonds. The average Bonchev–Trinajstić information content (AvgIpc) is 3.51. The summed E-state index contributed by atoms with van der Waals surface area (Å²) in [4.78, 5) is 17.0. The molecule has 1 aromatic heterocycles. The van der Waals surface area contributed by atoms with E-state index in [-0.39, 0.29) is 5.82 Å². The highest BCUT2D eigenvalue weighted by molar-refractivity contribution is 7.08. The molecule has 0 aliphatic carbocycles. The Kier molecular flexibility index (Phi) is 7.09. The number of benzene rings is 2. The number of hydrogen-bond acceptors (Lipinski definition) is 4. The van der Waals surface area contributed by atoms with E-state index in [4.69, 9.17) is 0 Å². The van der Waals surface area contributed by atoms with Gasteiger partial charge in [-0.2, -0.15) is 11.3 Å². The second-order valence-electron chi connectivity index (χ2n) is 9.66. The normalized spacial score (nSPS) is 23.2. The van der Waals surface area contributed by atoms with Gasteiger partial charge >= 0.3 is 5.97 Å². The molecule has 3 unspecified atom stereocenters. The van der Waals surface area contributed by atoms with Crippen LogP contribution in [0.4, 0.5) is 4.39 Å². The molecule has 6 heteroatoms. The van der Waals surface area contributed by atoms with Crippen molar-refractivity contribution < 1.29 is 14.3 Å². The standard InChI is InChI=1S/C28H31FN2O2S/c29-25-8-6-20(7-9-25)21-10-13-30(14-11-21)16-24-17-31(18-26(24)23-12-15-34-19-23)27(28(32)33)22-4-2-1-3-5-22/h1-9,12,15,19,21,24,26-27H,10-11,13-14,16-18H2,(H,32,33). The van der Waals surface area contributed by atoms with Gasteiger partial charge < -0.3 is 10.0 Å². The quantitative estimate of drug-likeness (QED) is 0.480. The number of hydrogen-bond donors (Lipinski definition) is 1. The largest absolute Gasteiger partial charge is 0.480 e. The summed E-state index contributed by atoms with van der Waals surface area (Å²) in [7, 11) is 0. The molecule has 0 radical (unpaired) electrons. The van der Waals surface area contributed by atoms with Gasteiger partial charge in [0.2, 0.25) is 0 Å². The van der Waals surface area contributed by atoms with E-state index in [0.717, 1.165) is 51.1 Å². The van der Waals surface area contributed by atoms with Crippen LogP contribution in [0.5, 0.6) is 0 Å². The van der Waals surface area contributed by atoms with Crippen LogP contribution in [0.25, 0.3) is 0 Å². The van der Waals surface area contributed by atoms with Gasteiger partial charge in [0, 0.05) is 25.6 Å². The molecule has 178 valence electrons. The fourth-order valence-corrected chi connectivity index (χ4v) is 6.55. The van der Waals surface area contributed by atoms with Gasteiger partial charge in [-0.1, -0.05) is 42.5 Å². The highest BCUT2D eigenvalue weighted by atomic mass is 32.1. The van der Waals surface area contributed by atoms with E-state index in [0.29, 0.717) is 17.8 Å². The molecule has 2 saturated heterocycles. The van der Waals surface area contributed by atoms with Crippen LogP contribution in [-0.4, -0.2) is 53.6 Å². The molecular formula is C28H31FN2O2S. The fraction of sp³-hybridized carbons (Fsp3) is 0.393. The molecular weight excluding hydrogens is 447 g/mol. The minimum absolute atomic E-state index is 0.179. The van der Waals surface area contributed by atoms with E-state index in [9.17, 15) is 14.3 Å². The van der Waals surface area contributed by atoms with Gasteiger partial charge in [-0.3, -0.25) is 9.69 Å². The third-order valence-electron chi connectivity index (χ3n) is 7.58. The van der Waals surface area contributed by atoms with Crippen molar-refractivity contribution in [2.45, 2.75) is 30.7 Å². The predicted molar refractivity (Wildman–Crippen MR) is 134 cm³/mol. The van der Waals surface area contributed by atoms with Crippen molar-refractivity contribution in [1.82, 2.24) is 9.80 Å². The summed E-state index contributed by atoms with van der Waals surface area (Å²) in [6.45, 7) is 4.57. The zero-order chi connectivity index (χ0) is 23.5. The number of halogens is 1. The second kappa shape index (κ2) is 10.4. The van der Waals surface area contributed by atoms with Crippen molar-refractivity contribution in [2.24, 2.45) is 5.92 Å². The number of rotatable bonds is 7. The smallest absolute Gasteiger partial charge is 0.325 e. The zero-order valence-corrected chi connectivity index (χ0v) is 20.0.